The van der Waals surface area contributed by atoms with Crippen molar-refractivity contribution in [3.05, 3.63) is 18.2 Å². The molecule has 1 atom stereocenters. The molecule has 1 aliphatic rings. The summed E-state index contributed by atoms with van der Waals surface area (Å²) in [5.41, 5.74) is 5.36. The van der Waals surface area contributed by atoms with E-state index in [0.29, 0.717) is 32.0 Å². The number of piperidine rings is 1. The molecule has 1 fully saturated rings. The molecule has 1 aliphatic heterocycles. The number of hydrogen-bond donors (Lipinski definition) is 2. The van der Waals surface area contributed by atoms with Crippen LogP contribution < -0.4 is 11.1 Å². The van der Waals surface area contributed by atoms with Gasteiger partial charge in [-0.3, -0.25) is 14.3 Å². The predicted octanol–water partition coefficient (Wildman–Crippen LogP) is 1.41. The number of nitrogens with zero attached hydrogens (tertiary/aromatic N) is 3. The Morgan fingerprint density at radius 3 is 2.87 bits per heavy atom. The first-order chi connectivity index (χ1) is 10.1. The molecule has 0 spiro atoms. The van der Waals surface area contributed by atoms with Gasteiger partial charge in [0.2, 0.25) is 5.91 Å². The summed E-state index contributed by atoms with van der Waals surface area (Å²) in [6.45, 7) is -0.0311. The second-order valence-corrected chi connectivity index (χ2v) is 5.18. The molecule has 3 N–H and O–H groups in total. The Balaban J connectivity index is 0.00000242. The molecular formula is C13H23Cl2F2N5O. The first kappa shape index (κ1) is 22.0. The molecule has 10 heteroatoms. The highest BCUT2D eigenvalue weighted by Crippen LogP contribution is 2.20. The van der Waals surface area contributed by atoms with E-state index in [9.17, 15) is 13.6 Å². The number of halogens is 4. The number of alkyl halides is 2. The maximum atomic E-state index is 12.8. The topological polar surface area (TPSA) is 76.2 Å². The van der Waals surface area contributed by atoms with E-state index < -0.39 is 6.55 Å². The second kappa shape index (κ2) is 10.7. The number of carbonyl (C=O) groups is 1. The summed E-state index contributed by atoms with van der Waals surface area (Å²) < 4.78 is 26.4. The fraction of sp³-hybridized carbons (Fsp3) is 0.692. The molecule has 0 aromatic carbocycles. The van der Waals surface area contributed by atoms with E-state index in [2.05, 4.69) is 10.3 Å². The minimum atomic E-state index is -2.59. The largest absolute Gasteiger partial charge is 0.355 e. The van der Waals surface area contributed by atoms with Gasteiger partial charge in [0.15, 0.2) is 0 Å². The van der Waals surface area contributed by atoms with Gasteiger partial charge in [0, 0.05) is 32.0 Å². The zero-order valence-electron chi connectivity index (χ0n) is 12.7. The van der Waals surface area contributed by atoms with Crippen molar-refractivity contribution in [2.45, 2.75) is 25.9 Å². The van der Waals surface area contributed by atoms with E-state index in [1.54, 1.807) is 0 Å². The number of nitrogens with two attached hydrogens (primary N) is 1. The minimum absolute atomic E-state index is 0. The van der Waals surface area contributed by atoms with Crippen LogP contribution in [0.5, 0.6) is 0 Å². The average molecular weight is 374 g/mol. The van der Waals surface area contributed by atoms with Gasteiger partial charge in [0.25, 0.3) is 0 Å². The van der Waals surface area contributed by atoms with Crippen LogP contribution in [0, 0.1) is 5.92 Å². The summed E-state index contributed by atoms with van der Waals surface area (Å²) in [4.78, 5) is 17.9. The monoisotopic (exact) mass is 373 g/mol. The van der Waals surface area contributed by atoms with Gasteiger partial charge in [-0.2, -0.15) is 8.78 Å². The van der Waals surface area contributed by atoms with Crippen LogP contribution in [0.1, 0.15) is 25.2 Å². The summed E-state index contributed by atoms with van der Waals surface area (Å²) in [6, 6.07) is 0. The minimum Gasteiger partial charge on any atom is -0.355 e. The highest BCUT2D eigenvalue weighted by molar-refractivity contribution is 5.85. The van der Waals surface area contributed by atoms with Crippen molar-refractivity contribution < 1.29 is 13.6 Å². The van der Waals surface area contributed by atoms with E-state index in [1.807, 2.05) is 4.90 Å². The highest BCUT2D eigenvalue weighted by atomic mass is 35.5. The number of hydrogen-bond acceptors (Lipinski definition) is 4. The van der Waals surface area contributed by atoms with Crippen LogP contribution in [0.2, 0.25) is 0 Å². The van der Waals surface area contributed by atoms with Crippen molar-refractivity contribution >= 4 is 30.7 Å². The lowest BCUT2D eigenvalue weighted by molar-refractivity contribution is -0.126. The van der Waals surface area contributed by atoms with Gasteiger partial charge in [-0.25, -0.2) is 4.98 Å². The molecule has 23 heavy (non-hydrogen) atoms. The van der Waals surface area contributed by atoms with Crippen molar-refractivity contribution in [1.29, 1.82) is 0 Å². The summed E-state index contributed by atoms with van der Waals surface area (Å²) in [5.74, 6) is 0.204. The Morgan fingerprint density at radius 2 is 2.22 bits per heavy atom. The van der Waals surface area contributed by atoms with Gasteiger partial charge in [0.05, 0.1) is 12.5 Å². The second-order valence-electron chi connectivity index (χ2n) is 5.18. The number of nitrogens with one attached hydrogen (secondary N) is 1. The molecule has 0 saturated carbocycles. The third-order valence-electron chi connectivity index (χ3n) is 3.64. The van der Waals surface area contributed by atoms with E-state index >= 15 is 0 Å². The lowest BCUT2D eigenvalue weighted by Gasteiger charge is -2.31. The Morgan fingerprint density at radius 1 is 1.48 bits per heavy atom. The zero-order valence-corrected chi connectivity index (χ0v) is 14.3. The summed E-state index contributed by atoms with van der Waals surface area (Å²) in [7, 11) is 0. The van der Waals surface area contributed by atoms with E-state index in [0.717, 1.165) is 24.0 Å². The predicted molar refractivity (Wildman–Crippen MR) is 88.0 cm³/mol. The molecule has 1 unspecified atom stereocenters. The van der Waals surface area contributed by atoms with Crippen LogP contribution in [0.25, 0.3) is 0 Å². The number of aromatic nitrogens is 2. The summed E-state index contributed by atoms with van der Waals surface area (Å²) in [6.07, 6.45) is 4.33. The number of imidazole rings is 1. The fourth-order valence-corrected chi connectivity index (χ4v) is 2.60. The highest BCUT2D eigenvalue weighted by Gasteiger charge is 2.26. The Hall–Kier alpha value is -0.960. The maximum Gasteiger partial charge on any atom is 0.319 e. The fourth-order valence-electron chi connectivity index (χ4n) is 2.60. The normalized spacial score (nSPS) is 18.2. The van der Waals surface area contributed by atoms with Gasteiger partial charge in [0.1, 0.15) is 5.82 Å². The first-order valence-corrected chi connectivity index (χ1v) is 7.11. The van der Waals surface area contributed by atoms with Crippen LogP contribution >= 0.6 is 24.8 Å². The molecule has 1 aromatic rings. The standard InChI is InChI=1S/C13H21F2N5O.2ClH/c14-13(15)20-7-5-17-11(20)9-19-6-1-2-10(8-19)12(21)18-4-3-16;;/h5,7,10,13H,1-4,6,8-9,16H2,(H,18,21);2*1H. The Kier molecular flexibility index (Phi) is 10.3. The SMILES string of the molecule is Cl.Cl.NCCNC(=O)C1CCCN(Cc2nccn2C(F)F)C1. The summed E-state index contributed by atoms with van der Waals surface area (Å²) in [5, 5.41) is 2.78. The van der Waals surface area contributed by atoms with Crippen LogP contribution in [0.15, 0.2) is 12.4 Å². The molecule has 0 radical (unpaired) electrons. The molecule has 2 heterocycles. The van der Waals surface area contributed by atoms with E-state index in [-0.39, 0.29) is 36.6 Å². The molecule has 0 aliphatic carbocycles. The van der Waals surface area contributed by atoms with Gasteiger partial charge >= 0.3 is 6.55 Å². The third kappa shape index (κ3) is 6.21. The van der Waals surface area contributed by atoms with Crippen molar-refractivity contribution in [3.8, 4) is 0 Å². The molecule has 6 nitrogen and oxygen atoms in total. The molecule has 0 bridgehead atoms. The van der Waals surface area contributed by atoms with Crippen LogP contribution in [-0.2, 0) is 11.3 Å². The number of carbonyl (C=O) groups excluding carboxylic acids is 1. The van der Waals surface area contributed by atoms with Crippen molar-refractivity contribution in [3.63, 3.8) is 0 Å². The van der Waals surface area contributed by atoms with Gasteiger partial charge in [-0.1, -0.05) is 0 Å². The lowest BCUT2D eigenvalue weighted by Crippen LogP contribution is -2.44. The van der Waals surface area contributed by atoms with Gasteiger partial charge in [-0.15, -0.1) is 24.8 Å². The molecule has 1 aromatic heterocycles. The zero-order chi connectivity index (χ0) is 15.2. The number of rotatable bonds is 6. The summed E-state index contributed by atoms with van der Waals surface area (Å²) >= 11 is 0. The van der Waals surface area contributed by atoms with Crippen LogP contribution in [0.4, 0.5) is 8.78 Å². The van der Waals surface area contributed by atoms with Crippen molar-refractivity contribution in [2.75, 3.05) is 26.2 Å². The third-order valence-corrected chi connectivity index (χ3v) is 3.64. The average Bonchev–Trinajstić information content (AvgIpc) is 2.93. The molecule has 134 valence electrons. The van der Waals surface area contributed by atoms with Crippen LogP contribution in [-0.4, -0.2) is 46.5 Å². The van der Waals surface area contributed by atoms with Gasteiger partial charge in [-0.05, 0) is 19.4 Å². The Labute approximate surface area is 146 Å². The van der Waals surface area contributed by atoms with Crippen molar-refractivity contribution in [2.24, 2.45) is 11.7 Å². The van der Waals surface area contributed by atoms with E-state index in [1.165, 1.54) is 12.4 Å². The molecule has 1 saturated heterocycles. The molecule has 2 rings (SSSR count). The Bertz CT molecular complexity index is 475. The number of likely N-dealkylation sites (tertiary alicyclic amines) is 1. The quantitative estimate of drug-likeness (QED) is 0.790. The smallest absolute Gasteiger partial charge is 0.319 e. The maximum absolute atomic E-state index is 12.8. The molecule has 1 amide bonds. The first-order valence-electron chi connectivity index (χ1n) is 7.11. The molecular weight excluding hydrogens is 351 g/mol. The van der Waals surface area contributed by atoms with Gasteiger partial charge < -0.3 is 11.1 Å². The van der Waals surface area contributed by atoms with Crippen molar-refractivity contribution in [1.82, 2.24) is 19.8 Å². The lowest BCUT2D eigenvalue weighted by atomic mass is 9.97. The number of amides is 1. The van der Waals surface area contributed by atoms with E-state index in [4.69, 9.17) is 5.73 Å². The van der Waals surface area contributed by atoms with Crippen LogP contribution in [0.3, 0.4) is 0 Å².